The smallest absolute Gasteiger partial charge is 0.158 e. The van der Waals surface area contributed by atoms with Crippen molar-refractivity contribution in [2.24, 2.45) is 21.3 Å². The maximum absolute atomic E-state index is 14.9. The summed E-state index contributed by atoms with van der Waals surface area (Å²) in [4.78, 5) is 12.0. The summed E-state index contributed by atoms with van der Waals surface area (Å²) in [5.74, 6) is 7.66. The third-order valence-corrected chi connectivity index (χ3v) is 9.76. The summed E-state index contributed by atoms with van der Waals surface area (Å²) in [5.41, 5.74) is 6.89. The van der Waals surface area contributed by atoms with Crippen LogP contribution >= 0.6 is 0 Å². The molecule has 1 saturated heterocycles. The van der Waals surface area contributed by atoms with Crippen molar-refractivity contribution < 1.29 is 13.9 Å². The third-order valence-electron chi connectivity index (χ3n) is 9.76. The highest BCUT2D eigenvalue weighted by Gasteiger charge is 2.42. The molecule has 0 spiro atoms. The fourth-order valence-electron chi connectivity index (χ4n) is 6.77. The molecule has 1 aromatic carbocycles. The second-order valence-corrected chi connectivity index (χ2v) is 12.9. The van der Waals surface area contributed by atoms with Crippen LogP contribution in [-0.2, 0) is 9.47 Å². The summed E-state index contributed by atoms with van der Waals surface area (Å²) in [6, 6.07) is 3.44. The molecule has 5 rings (SSSR count). The number of methoxy groups -OCH3 is 1. The van der Waals surface area contributed by atoms with Crippen LogP contribution in [0.4, 0.5) is 10.1 Å². The fourth-order valence-corrected chi connectivity index (χ4v) is 6.77. The third kappa shape index (κ3) is 6.88. The van der Waals surface area contributed by atoms with Crippen LogP contribution in [0.2, 0.25) is 0 Å². The molecule has 1 saturated carbocycles. The summed E-state index contributed by atoms with van der Waals surface area (Å²) in [6.07, 6.45) is 13.5. The molecule has 5 unspecified atom stereocenters. The van der Waals surface area contributed by atoms with E-state index >= 15 is 0 Å². The molecule has 0 radical (unpaired) electrons. The van der Waals surface area contributed by atoms with Gasteiger partial charge in [-0.15, -0.1) is 0 Å². The van der Waals surface area contributed by atoms with Gasteiger partial charge in [0.2, 0.25) is 0 Å². The average Bonchev–Trinajstić information content (AvgIpc) is 3.43. The van der Waals surface area contributed by atoms with Crippen LogP contribution < -0.4 is 5.32 Å². The van der Waals surface area contributed by atoms with Gasteiger partial charge in [-0.2, -0.15) is 0 Å². The van der Waals surface area contributed by atoms with Gasteiger partial charge in [-0.3, -0.25) is 4.99 Å². The van der Waals surface area contributed by atoms with Crippen molar-refractivity contribution in [3.8, 4) is 11.8 Å². The van der Waals surface area contributed by atoms with Crippen molar-refractivity contribution in [3.05, 3.63) is 64.9 Å². The molecule has 3 aliphatic heterocycles. The minimum atomic E-state index is -0.292. The fraction of sp³-hybridized carbons (Fsp3) is 0.528. The lowest BCUT2D eigenvalue weighted by Crippen LogP contribution is -2.53. The maximum atomic E-state index is 14.9. The van der Waals surface area contributed by atoms with Crippen LogP contribution in [0.15, 0.2) is 58.0 Å². The second-order valence-electron chi connectivity index (χ2n) is 12.9. The van der Waals surface area contributed by atoms with Crippen LogP contribution in [0.3, 0.4) is 0 Å². The van der Waals surface area contributed by atoms with E-state index in [9.17, 15) is 4.39 Å². The highest BCUT2D eigenvalue weighted by molar-refractivity contribution is 6.04. The zero-order chi connectivity index (χ0) is 30.6. The predicted octanol–water partition coefficient (Wildman–Crippen LogP) is 7.08. The Kier molecular flexibility index (Phi) is 9.42. The largest absolute Gasteiger partial charge is 0.380 e. The average molecular weight is 585 g/mol. The lowest BCUT2D eigenvalue weighted by molar-refractivity contribution is -0.0912. The van der Waals surface area contributed by atoms with Gasteiger partial charge in [-0.1, -0.05) is 38.2 Å². The number of nitrogens with one attached hydrogen (secondary N) is 1. The van der Waals surface area contributed by atoms with Crippen LogP contribution in [0, 0.1) is 35.9 Å². The number of aliphatic imine (C=N–C) groups is 2. The van der Waals surface area contributed by atoms with Gasteiger partial charge in [0.1, 0.15) is 11.5 Å². The summed E-state index contributed by atoms with van der Waals surface area (Å²) >= 11 is 0. The van der Waals surface area contributed by atoms with Crippen molar-refractivity contribution in [3.63, 3.8) is 0 Å². The van der Waals surface area contributed by atoms with Crippen molar-refractivity contribution in [1.82, 2.24) is 4.90 Å². The van der Waals surface area contributed by atoms with E-state index in [0.717, 1.165) is 61.2 Å². The number of benzene rings is 1. The Morgan fingerprint density at radius 1 is 1.33 bits per heavy atom. The van der Waals surface area contributed by atoms with Gasteiger partial charge in [0, 0.05) is 38.5 Å². The van der Waals surface area contributed by atoms with Crippen LogP contribution in [-0.4, -0.2) is 61.5 Å². The summed E-state index contributed by atoms with van der Waals surface area (Å²) in [6.45, 7) is 14.4. The number of nitrogens with zero attached hydrogens (tertiary/aromatic N) is 3. The Labute approximate surface area is 256 Å². The molecule has 1 N–H and O–H groups in total. The number of ether oxygens (including phenoxy) is 2. The normalized spacial score (nSPS) is 30.0. The number of fused-ring (bicyclic) bond motifs is 1. The second kappa shape index (κ2) is 13.1. The number of hydrogen-bond acceptors (Lipinski definition) is 6. The number of rotatable bonds is 8. The number of halogens is 1. The standard InChI is InChI=1S/C36H45FN4O2/c1-7-27-19-25(2)20-31(37)33(27)39-23-30-22-38-32-13-10-12-28(40-34(32)41(30)29-14-18-43-24-29)11-8-9-15-35(4)16-17-36(5,42-6)26(3)21-35/h7,10,13,19-20,22,26,29-30,39H,1,9,14-18,21,23-24H2,2-6H3. The van der Waals surface area contributed by atoms with Crippen LogP contribution in [0.1, 0.15) is 70.4 Å². The van der Waals surface area contributed by atoms with E-state index in [1.807, 2.05) is 38.5 Å². The van der Waals surface area contributed by atoms with Gasteiger partial charge in [0.05, 0.1) is 30.0 Å². The molecule has 1 aromatic rings. The predicted molar refractivity (Wildman–Crippen MR) is 174 cm³/mol. The lowest BCUT2D eigenvalue weighted by atomic mass is 9.63. The highest BCUT2D eigenvalue weighted by Crippen LogP contribution is 2.47. The number of amidine groups is 1. The molecule has 6 nitrogen and oxygen atoms in total. The van der Waals surface area contributed by atoms with Crippen molar-refractivity contribution in [2.75, 3.05) is 32.2 Å². The zero-order valence-electron chi connectivity index (χ0n) is 26.3. The van der Waals surface area contributed by atoms with Crippen LogP contribution in [0.5, 0.6) is 0 Å². The molecule has 1 aliphatic carbocycles. The molecule has 43 heavy (non-hydrogen) atoms. The SMILES string of the molecule is C=Cc1cc(C)cc(F)c1NCC1C=NC2=CC=C=C(C#CCCC3(C)CCC(C)(OC)C(C)C3)N=C2N1C1CCOC1. The summed E-state index contributed by atoms with van der Waals surface area (Å²) in [5, 5.41) is 3.33. The number of aryl methyl sites for hydroxylation is 1. The molecule has 3 heterocycles. The molecule has 2 fully saturated rings. The number of allylic oxidation sites excluding steroid dienone is 2. The first kappa shape index (κ1) is 31.0. The molecule has 0 bridgehead atoms. The van der Waals surface area contributed by atoms with Gasteiger partial charge < -0.3 is 19.7 Å². The molecular weight excluding hydrogens is 539 g/mol. The Bertz CT molecular complexity index is 1450. The van der Waals surface area contributed by atoms with Crippen molar-refractivity contribution in [1.29, 1.82) is 0 Å². The van der Waals surface area contributed by atoms with Crippen molar-refractivity contribution >= 4 is 23.8 Å². The van der Waals surface area contributed by atoms with E-state index in [-0.39, 0.29) is 28.9 Å². The Hall–Kier alpha value is -3.43. The molecule has 7 heteroatoms. The van der Waals surface area contributed by atoms with Gasteiger partial charge in [0.25, 0.3) is 0 Å². The van der Waals surface area contributed by atoms with E-state index in [1.165, 1.54) is 6.07 Å². The van der Waals surface area contributed by atoms with Gasteiger partial charge in [-0.25, -0.2) is 9.38 Å². The van der Waals surface area contributed by atoms with Crippen molar-refractivity contribution in [2.45, 2.75) is 83.9 Å². The molecule has 0 amide bonds. The molecule has 4 aliphatic rings. The van der Waals surface area contributed by atoms with Gasteiger partial charge in [-0.05, 0) is 93.1 Å². The minimum Gasteiger partial charge on any atom is -0.380 e. The highest BCUT2D eigenvalue weighted by atomic mass is 19.1. The molecule has 0 aromatic heterocycles. The first-order valence-corrected chi connectivity index (χ1v) is 15.5. The molecular formula is C36H45FN4O2. The minimum absolute atomic E-state index is 0.0315. The number of anilines is 1. The first-order valence-electron chi connectivity index (χ1n) is 15.5. The topological polar surface area (TPSA) is 58.5 Å². The van der Waals surface area contributed by atoms with E-state index in [2.05, 4.69) is 55.1 Å². The Morgan fingerprint density at radius 3 is 2.88 bits per heavy atom. The Morgan fingerprint density at radius 2 is 2.16 bits per heavy atom. The van der Waals surface area contributed by atoms with E-state index in [4.69, 9.17) is 19.5 Å². The van der Waals surface area contributed by atoms with E-state index in [0.29, 0.717) is 37.1 Å². The summed E-state index contributed by atoms with van der Waals surface area (Å²) < 4.78 is 26.6. The first-order chi connectivity index (χ1) is 20.6. The molecule has 228 valence electrons. The van der Waals surface area contributed by atoms with E-state index < -0.39 is 0 Å². The summed E-state index contributed by atoms with van der Waals surface area (Å²) in [7, 11) is 1.83. The Balaban J connectivity index is 1.32. The maximum Gasteiger partial charge on any atom is 0.158 e. The van der Waals surface area contributed by atoms with Crippen LogP contribution in [0.25, 0.3) is 6.08 Å². The van der Waals surface area contributed by atoms with Gasteiger partial charge >= 0.3 is 0 Å². The zero-order valence-corrected chi connectivity index (χ0v) is 26.3. The monoisotopic (exact) mass is 584 g/mol. The van der Waals surface area contributed by atoms with Gasteiger partial charge in [0.15, 0.2) is 11.5 Å². The molecule has 5 atom stereocenters. The number of hydrogen-bond donors (Lipinski definition) is 1. The lowest BCUT2D eigenvalue weighted by Gasteiger charge is -2.47. The van der Waals surface area contributed by atoms with E-state index in [1.54, 1.807) is 6.08 Å². The quantitative estimate of drug-likeness (QED) is 0.262.